The van der Waals surface area contributed by atoms with Gasteiger partial charge in [0.15, 0.2) is 5.96 Å². The van der Waals surface area contributed by atoms with Crippen LogP contribution in [0, 0.1) is 5.82 Å². The number of rotatable bonds is 6. The molecule has 1 saturated heterocycles. The van der Waals surface area contributed by atoms with Crippen LogP contribution in [0.4, 0.5) is 4.39 Å². The van der Waals surface area contributed by atoms with Crippen molar-refractivity contribution in [1.29, 1.82) is 0 Å². The Bertz CT molecular complexity index is 978. The Kier molecular flexibility index (Phi) is 9.66. The Morgan fingerprint density at radius 3 is 2.26 bits per heavy atom. The molecule has 170 valence electrons. The van der Waals surface area contributed by atoms with Gasteiger partial charge in [-0.25, -0.2) is 12.8 Å². The lowest BCUT2D eigenvalue weighted by Gasteiger charge is -2.32. The van der Waals surface area contributed by atoms with Gasteiger partial charge in [0.1, 0.15) is 5.82 Å². The Labute approximate surface area is 200 Å². The molecule has 7 nitrogen and oxygen atoms in total. The molecule has 2 aromatic carbocycles. The summed E-state index contributed by atoms with van der Waals surface area (Å²) >= 11 is 0. The molecular weight excluding hydrogens is 532 g/mol. The summed E-state index contributed by atoms with van der Waals surface area (Å²) in [5.41, 5.74) is 1.60. The van der Waals surface area contributed by atoms with Crippen LogP contribution < -0.4 is 10.6 Å². The molecule has 1 aliphatic heterocycles. The van der Waals surface area contributed by atoms with Crippen molar-refractivity contribution in [2.45, 2.75) is 18.0 Å². The van der Waals surface area contributed by atoms with Crippen molar-refractivity contribution in [3.05, 3.63) is 65.5 Å². The summed E-state index contributed by atoms with van der Waals surface area (Å²) in [6, 6.07) is 13.3. The first-order chi connectivity index (χ1) is 14.4. The molecule has 0 amide bonds. The third-order valence-corrected chi connectivity index (χ3v) is 7.09. The molecule has 1 fully saturated rings. The minimum atomic E-state index is -3.56. The second-order valence-corrected chi connectivity index (χ2v) is 9.13. The second kappa shape index (κ2) is 11.7. The number of hydrogen-bond acceptors (Lipinski definition) is 4. The van der Waals surface area contributed by atoms with Crippen LogP contribution in [0.2, 0.25) is 0 Å². The monoisotopic (exact) mass is 561 g/mol. The lowest BCUT2D eigenvalue weighted by atomic mass is 10.2. The van der Waals surface area contributed by atoms with Crippen LogP contribution in [-0.4, -0.2) is 63.9 Å². The lowest BCUT2D eigenvalue weighted by molar-refractivity contribution is 0.222. The maximum absolute atomic E-state index is 13.2. The molecule has 1 aliphatic rings. The van der Waals surface area contributed by atoms with Crippen molar-refractivity contribution in [2.75, 3.05) is 40.3 Å². The molecule has 1 heterocycles. The van der Waals surface area contributed by atoms with E-state index in [0.29, 0.717) is 42.6 Å². The van der Waals surface area contributed by atoms with Crippen molar-refractivity contribution in [3.8, 4) is 0 Å². The van der Waals surface area contributed by atoms with E-state index >= 15 is 0 Å². The summed E-state index contributed by atoms with van der Waals surface area (Å²) in [6.45, 7) is 3.20. The van der Waals surface area contributed by atoms with E-state index in [2.05, 4.69) is 20.5 Å². The molecule has 10 heteroatoms. The highest BCUT2D eigenvalue weighted by atomic mass is 127. The predicted molar refractivity (Wildman–Crippen MR) is 132 cm³/mol. The molecule has 0 unspecified atom stereocenters. The smallest absolute Gasteiger partial charge is 0.243 e. The van der Waals surface area contributed by atoms with Crippen LogP contribution in [0.1, 0.15) is 11.1 Å². The largest absolute Gasteiger partial charge is 0.352 e. The maximum Gasteiger partial charge on any atom is 0.243 e. The number of aliphatic imine (C=N–C) groups is 1. The molecule has 0 aromatic heterocycles. The van der Waals surface area contributed by atoms with Crippen LogP contribution in [0.15, 0.2) is 58.4 Å². The third-order valence-electron chi connectivity index (χ3n) is 5.10. The number of benzene rings is 2. The van der Waals surface area contributed by atoms with E-state index in [9.17, 15) is 12.8 Å². The molecule has 31 heavy (non-hydrogen) atoms. The molecule has 0 bridgehead atoms. The highest BCUT2D eigenvalue weighted by molar-refractivity contribution is 14.0. The number of nitrogens with zero attached hydrogens (tertiary/aromatic N) is 3. The van der Waals surface area contributed by atoms with Crippen molar-refractivity contribution in [2.24, 2.45) is 4.99 Å². The molecule has 2 aromatic rings. The molecule has 0 atom stereocenters. The topological polar surface area (TPSA) is 77.0 Å². The van der Waals surface area contributed by atoms with Crippen LogP contribution >= 0.6 is 24.0 Å². The zero-order valence-corrected chi connectivity index (χ0v) is 20.9. The number of guanidine groups is 1. The van der Waals surface area contributed by atoms with Crippen molar-refractivity contribution < 1.29 is 12.8 Å². The molecule has 0 radical (unpaired) electrons. The van der Waals surface area contributed by atoms with Gasteiger partial charge in [-0.2, -0.15) is 4.31 Å². The first kappa shape index (κ1) is 25.5. The zero-order valence-electron chi connectivity index (χ0n) is 17.7. The maximum atomic E-state index is 13.2. The summed E-state index contributed by atoms with van der Waals surface area (Å²) in [5, 5.41) is 6.32. The third kappa shape index (κ3) is 6.86. The quantitative estimate of drug-likeness (QED) is 0.322. The SMILES string of the molecule is CN=C(NCc1ccc(F)cc1)NCc1ccccc1S(=O)(=O)N1CCN(C)CC1.I. The van der Waals surface area contributed by atoms with Crippen molar-refractivity contribution in [3.63, 3.8) is 0 Å². The Hall–Kier alpha value is -1.76. The number of sulfonamides is 1. The van der Waals surface area contributed by atoms with E-state index in [1.165, 1.54) is 12.1 Å². The first-order valence-electron chi connectivity index (χ1n) is 9.85. The number of nitrogens with one attached hydrogen (secondary N) is 2. The first-order valence-corrected chi connectivity index (χ1v) is 11.3. The van der Waals surface area contributed by atoms with Crippen molar-refractivity contribution >= 4 is 40.0 Å². The Morgan fingerprint density at radius 2 is 1.61 bits per heavy atom. The minimum Gasteiger partial charge on any atom is -0.352 e. The summed E-state index contributed by atoms with van der Waals surface area (Å²) in [7, 11) is 0.0789. The molecule has 0 saturated carbocycles. The lowest BCUT2D eigenvalue weighted by Crippen LogP contribution is -2.47. The van der Waals surface area contributed by atoms with Gasteiger partial charge in [-0.15, -0.1) is 24.0 Å². The van der Waals surface area contributed by atoms with E-state index in [1.807, 2.05) is 19.2 Å². The van der Waals surface area contributed by atoms with Gasteiger partial charge in [0.25, 0.3) is 0 Å². The van der Waals surface area contributed by atoms with E-state index in [1.54, 1.807) is 35.6 Å². The summed E-state index contributed by atoms with van der Waals surface area (Å²) < 4.78 is 40.9. The van der Waals surface area contributed by atoms with Gasteiger partial charge in [-0.3, -0.25) is 4.99 Å². The van der Waals surface area contributed by atoms with Crippen LogP contribution in [0.3, 0.4) is 0 Å². The van der Waals surface area contributed by atoms with E-state index in [0.717, 1.165) is 18.7 Å². The number of likely N-dealkylation sites (N-methyl/N-ethyl adjacent to an activating group) is 1. The van der Waals surface area contributed by atoms with Crippen LogP contribution in [0.25, 0.3) is 0 Å². The standard InChI is InChI=1S/C21H28FN5O2S.HI/c1-23-21(24-15-17-7-9-19(22)10-8-17)25-16-18-5-3-4-6-20(18)30(28,29)27-13-11-26(2)12-14-27;/h3-10H,11-16H2,1-2H3,(H2,23,24,25);1H. The Morgan fingerprint density at radius 1 is 1.00 bits per heavy atom. The predicted octanol–water partition coefficient (Wildman–Crippen LogP) is 2.25. The molecule has 3 rings (SSSR count). The summed E-state index contributed by atoms with van der Waals surface area (Å²) in [5.74, 6) is 0.255. The summed E-state index contributed by atoms with van der Waals surface area (Å²) in [6.07, 6.45) is 0. The number of piperazine rings is 1. The van der Waals surface area contributed by atoms with Gasteiger partial charge in [0.05, 0.1) is 4.90 Å². The molecule has 0 aliphatic carbocycles. The van der Waals surface area contributed by atoms with Gasteiger partial charge in [0, 0.05) is 46.3 Å². The van der Waals surface area contributed by atoms with Gasteiger partial charge in [0.2, 0.25) is 10.0 Å². The molecule has 2 N–H and O–H groups in total. The fraction of sp³-hybridized carbons (Fsp3) is 0.381. The normalized spacial score (nSPS) is 15.9. The highest BCUT2D eigenvalue weighted by Gasteiger charge is 2.29. The van der Waals surface area contributed by atoms with Crippen molar-refractivity contribution in [1.82, 2.24) is 19.8 Å². The fourth-order valence-electron chi connectivity index (χ4n) is 3.26. The van der Waals surface area contributed by atoms with Gasteiger partial charge in [-0.1, -0.05) is 30.3 Å². The van der Waals surface area contributed by atoms with Crippen LogP contribution in [-0.2, 0) is 23.1 Å². The van der Waals surface area contributed by atoms with E-state index in [4.69, 9.17) is 0 Å². The fourth-order valence-corrected chi connectivity index (χ4v) is 4.90. The molecular formula is C21H29FIN5O2S. The number of halogens is 2. The molecule has 0 spiro atoms. The van der Waals surface area contributed by atoms with Gasteiger partial charge in [-0.05, 0) is 36.4 Å². The van der Waals surface area contributed by atoms with Gasteiger partial charge < -0.3 is 15.5 Å². The van der Waals surface area contributed by atoms with E-state index in [-0.39, 0.29) is 29.8 Å². The average Bonchev–Trinajstić information content (AvgIpc) is 2.75. The zero-order chi connectivity index (χ0) is 21.6. The van der Waals surface area contributed by atoms with E-state index < -0.39 is 10.0 Å². The minimum absolute atomic E-state index is 0. The van der Waals surface area contributed by atoms with Gasteiger partial charge >= 0.3 is 0 Å². The highest BCUT2D eigenvalue weighted by Crippen LogP contribution is 2.21. The Balaban J connectivity index is 0.00000341. The summed E-state index contributed by atoms with van der Waals surface area (Å²) in [4.78, 5) is 6.62. The number of hydrogen-bond donors (Lipinski definition) is 2. The van der Waals surface area contributed by atoms with Crippen LogP contribution in [0.5, 0.6) is 0 Å². The second-order valence-electron chi connectivity index (χ2n) is 7.22. The average molecular weight is 561 g/mol.